The fraction of sp³-hybridized carbons (Fsp3) is 0.619. The Morgan fingerprint density at radius 1 is 1.19 bits per heavy atom. The van der Waals surface area contributed by atoms with Crippen LogP contribution >= 0.6 is 0 Å². The smallest absolute Gasteiger partial charge is 0.226 e. The van der Waals surface area contributed by atoms with E-state index in [9.17, 15) is 9.59 Å². The number of methoxy groups -OCH3 is 1. The molecule has 148 valence electrons. The second-order valence-electron chi connectivity index (χ2n) is 7.80. The van der Waals surface area contributed by atoms with Gasteiger partial charge in [0.05, 0.1) is 13.5 Å². The summed E-state index contributed by atoms with van der Waals surface area (Å²) in [6.45, 7) is 3.04. The van der Waals surface area contributed by atoms with E-state index >= 15 is 0 Å². The number of benzene rings is 1. The van der Waals surface area contributed by atoms with Gasteiger partial charge < -0.3 is 19.6 Å². The normalized spacial score (nSPS) is 19.4. The van der Waals surface area contributed by atoms with Gasteiger partial charge in [0.1, 0.15) is 5.75 Å². The Labute approximate surface area is 161 Å². The molecule has 2 aliphatic heterocycles. The molecule has 1 spiro atoms. The molecular formula is C21H30N2O4. The molecular weight excluding hydrogens is 344 g/mol. The number of nitrogens with zero attached hydrogens (tertiary/aromatic N) is 2. The topological polar surface area (TPSA) is 70.1 Å². The van der Waals surface area contributed by atoms with E-state index in [1.165, 1.54) is 0 Å². The van der Waals surface area contributed by atoms with Crippen LogP contribution in [0.4, 0.5) is 0 Å². The molecule has 3 rings (SSSR count). The first kappa shape index (κ1) is 19.7. The molecule has 6 nitrogen and oxygen atoms in total. The Bertz CT molecular complexity index is 651. The molecule has 27 heavy (non-hydrogen) atoms. The highest BCUT2D eigenvalue weighted by atomic mass is 16.5. The van der Waals surface area contributed by atoms with Gasteiger partial charge in [0.15, 0.2) is 0 Å². The fourth-order valence-corrected chi connectivity index (χ4v) is 4.24. The van der Waals surface area contributed by atoms with Crippen molar-refractivity contribution in [2.24, 2.45) is 5.41 Å². The first-order chi connectivity index (χ1) is 13.0. The maximum atomic E-state index is 12.7. The van der Waals surface area contributed by atoms with Crippen LogP contribution in [0, 0.1) is 5.41 Å². The number of hydrogen-bond donors (Lipinski definition) is 1. The number of likely N-dealkylation sites (tertiary alicyclic amines) is 2. The maximum Gasteiger partial charge on any atom is 0.226 e. The van der Waals surface area contributed by atoms with Crippen molar-refractivity contribution in [2.45, 2.75) is 38.5 Å². The highest BCUT2D eigenvalue weighted by Crippen LogP contribution is 2.40. The molecule has 2 aliphatic rings. The molecule has 1 N–H and O–H groups in total. The molecule has 0 aliphatic carbocycles. The van der Waals surface area contributed by atoms with Crippen LogP contribution in [0.15, 0.2) is 24.3 Å². The van der Waals surface area contributed by atoms with Gasteiger partial charge in [0.2, 0.25) is 11.8 Å². The van der Waals surface area contributed by atoms with Gasteiger partial charge in [0.25, 0.3) is 0 Å². The minimum atomic E-state index is 0.115. The molecule has 2 heterocycles. The van der Waals surface area contributed by atoms with E-state index in [4.69, 9.17) is 9.84 Å². The Morgan fingerprint density at radius 2 is 1.89 bits per heavy atom. The van der Waals surface area contributed by atoms with Gasteiger partial charge in [-0.2, -0.15) is 0 Å². The van der Waals surface area contributed by atoms with Crippen molar-refractivity contribution in [1.29, 1.82) is 0 Å². The molecule has 6 heteroatoms. The first-order valence-corrected chi connectivity index (χ1v) is 9.85. The lowest BCUT2D eigenvalue weighted by molar-refractivity contribution is -0.142. The zero-order valence-corrected chi connectivity index (χ0v) is 16.2. The van der Waals surface area contributed by atoms with Crippen molar-refractivity contribution in [3.05, 3.63) is 29.8 Å². The van der Waals surface area contributed by atoms with Crippen LogP contribution in [0.2, 0.25) is 0 Å². The third kappa shape index (κ3) is 4.80. The zero-order chi connectivity index (χ0) is 19.3. The minimum Gasteiger partial charge on any atom is -0.497 e. The van der Waals surface area contributed by atoms with Crippen molar-refractivity contribution in [1.82, 2.24) is 9.80 Å². The van der Waals surface area contributed by atoms with Gasteiger partial charge in [-0.05, 0) is 48.8 Å². The summed E-state index contributed by atoms with van der Waals surface area (Å²) in [6.07, 6.45) is 4.45. The number of aliphatic hydroxyl groups excluding tert-OH is 1. The number of ether oxygens (including phenoxy) is 1. The molecule has 1 aromatic carbocycles. The van der Waals surface area contributed by atoms with Crippen LogP contribution in [-0.2, 0) is 16.0 Å². The molecule has 0 bridgehead atoms. The quantitative estimate of drug-likeness (QED) is 0.825. The second kappa shape index (κ2) is 8.74. The molecule has 2 amide bonds. The highest BCUT2D eigenvalue weighted by Gasteiger charge is 2.41. The fourth-order valence-electron chi connectivity index (χ4n) is 4.24. The number of rotatable bonds is 6. The van der Waals surface area contributed by atoms with Gasteiger partial charge >= 0.3 is 0 Å². The van der Waals surface area contributed by atoms with Crippen LogP contribution in [0.25, 0.3) is 0 Å². The van der Waals surface area contributed by atoms with Crippen molar-refractivity contribution < 1.29 is 19.4 Å². The van der Waals surface area contributed by atoms with Crippen LogP contribution in [0.5, 0.6) is 5.75 Å². The van der Waals surface area contributed by atoms with Crippen LogP contribution in [0.3, 0.4) is 0 Å². The van der Waals surface area contributed by atoms with Gasteiger partial charge in [-0.1, -0.05) is 12.1 Å². The number of carbonyl (C=O) groups is 2. The lowest BCUT2D eigenvalue weighted by Crippen LogP contribution is -2.52. The van der Waals surface area contributed by atoms with E-state index < -0.39 is 0 Å². The lowest BCUT2D eigenvalue weighted by atomic mass is 9.72. The van der Waals surface area contributed by atoms with Crippen molar-refractivity contribution in [3.63, 3.8) is 0 Å². The lowest BCUT2D eigenvalue weighted by Gasteiger charge is -2.47. The molecule has 0 atom stereocenters. The first-order valence-electron chi connectivity index (χ1n) is 9.85. The van der Waals surface area contributed by atoms with E-state index in [-0.39, 0.29) is 23.8 Å². The monoisotopic (exact) mass is 374 g/mol. The number of aliphatic hydroxyl groups is 1. The predicted octanol–water partition coefficient (Wildman–Crippen LogP) is 1.85. The summed E-state index contributed by atoms with van der Waals surface area (Å²) in [5.41, 5.74) is 1.14. The molecule has 2 saturated heterocycles. The maximum absolute atomic E-state index is 12.7. The number of piperidine rings is 2. The van der Waals surface area contributed by atoms with Crippen LogP contribution in [0.1, 0.15) is 37.7 Å². The summed E-state index contributed by atoms with van der Waals surface area (Å²) in [6, 6.07) is 7.64. The minimum absolute atomic E-state index is 0.115. The Kier molecular flexibility index (Phi) is 6.37. The Balaban J connectivity index is 1.52. The predicted molar refractivity (Wildman–Crippen MR) is 102 cm³/mol. The average Bonchev–Trinajstić information content (AvgIpc) is 2.70. The Hall–Kier alpha value is -2.08. The standard InChI is InChI=1S/C21H30N2O4/c1-27-18-5-3-17(4-6-18)15-20(26)22-12-9-21(10-13-22)8-7-19(25)23(16-21)11-2-14-24/h3-6,24H,2,7-16H2,1H3. The largest absolute Gasteiger partial charge is 0.497 e. The number of carbonyl (C=O) groups excluding carboxylic acids is 2. The van der Waals surface area contributed by atoms with E-state index in [0.29, 0.717) is 25.8 Å². The molecule has 0 aromatic heterocycles. The number of amides is 2. The Morgan fingerprint density at radius 3 is 2.52 bits per heavy atom. The summed E-state index contributed by atoms with van der Waals surface area (Å²) in [5.74, 6) is 1.16. The third-order valence-corrected chi connectivity index (χ3v) is 6.03. The van der Waals surface area contributed by atoms with Crippen molar-refractivity contribution in [2.75, 3.05) is 39.9 Å². The molecule has 0 unspecified atom stereocenters. The van der Waals surface area contributed by atoms with Gasteiger partial charge in [0, 0.05) is 39.2 Å². The SMILES string of the molecule is COc1ccc(CC(=O)N2CCC3(CCC(=O)N(CCCO)C3)CC2)cc1. The van der Waals surface area contributed by atoms with Crippen molar-refractivity contribution in [3.8, 4) is 5.75 Å². The van der Waals surface area contributed by atoms with Crippen LogP contribution < -0.4 is 4.74 Å². The summed E-state index contributed by atoms with van der Waals surface area (Å²) in [4.78, 5) is 28.6. The third-order valence-electron chi connectivity index (χ3n) is 6.03. The molecule has 1 aromatic rings. The van der Waals surface area contributed by atoms with Gasteiger partial charge in [-0.15, -0.1) is 0 Å². The summed E-state index contributed by atoms with van der Waals surface area (Å²) < 4.78 is 5.16. The van der Waals surface area contributed by atoms with Crippen molar-refractivity contribution >= 4 is 11.8 Å². The molecule has 2 fully saturated rings. The van der Waals surface area contributed by atoms with Gasteiger partial charge in [-0.25, -0.2) is 0 Å². The number of hydrogen-bond acceptors (Lipinski definition) is 4. The summed E-state index contributed by atoms with van der Waals surface area (Å²) in [5, 5.41) is 9.04. The van der Waals surface area contributed by atoms with E-state index in [0.717, 1.165) is 50.2 Å². The summed E-state index contributed by atoms with van der Waals surface area (Å²) >= 11 is 0. The zero-order valence-electron chi connectivity index (χ0n) is 16.2. The molecule has 0 saturated carbocycles. The average molecular weight is 374 g/mol. The second-order valence-corrected chi connectivity index (χ2v) is 7.80. The van der Waals surface area contributed by atoms with E-state index in [1.807, 2.05) is 34.1 Å². The highest BCUT2D eigenvalue weighted by molar-refractivity contribution is 5.79. The van der Waals surface area contributed by atoms with Gasteiger partial charge in [-0.3, -0.25) is 9.59 Å². The molecule has 0 radical (unpaired) electrons. The van der Waals surface area contributed by atoms with E-state index in [2.05, 4.69) is 0 Å². The van der Waals surface area contributed by atoms with Crippen LogP contribution in [-0.4, -0.2) is 66.6 Å². The summed E-state index contributed by atoms with van der Waals surface area (Å²) in [7, 11) is 1.63. The van der Waals surface area contributed by atoms with E-state index in [1.54, 1.807) is 7.11 Å².